The largest absolute Gasteiger partial charge is 0.429 e. The summed E-state index contributed by atoms with van der Waals surface area (Å²) in [5.41, 5.74) is 2.77. The van der Waals surface area contributed by atoms with Gasteiger partial charge in [0, 0.05) is 24.1 Å². The third-order valence-corrected chi connectivity index (χ3v) is 2.49. The fourth-order valence-corrected chi connectivity index (χ4v) is 1.80. The Hall–Kier alpha value is -1.81. The molecule has 3 rings (SSSR count). The van der Waals surface area contributed by atoms with Gasteiger partial charge in [0.15, 0.2) is 5.58 Å². The van der Waals surface area contributed by atoms with Crippen LogP contribution >= 0.6 is 12.2 Å². The van der Waals surface area contributed by atoms with Gasteiger partial charge in [0.2, 0.25) is 0 Å². The molecule has 0 amide bonds. The van der Waals surface area contributed by atoms with Crippen molar-refractivity contribution >= 4 is 23.3 Å². The normalized spacial score (nSPS) is 10.9. The number of hydrogen-bond acceptors (Lipinski definition) is 2. The molecule has 15 heavy (non-hydrogen) atoms. The van der Waals surface area contributed by atoms with Gasteiger partial charge >= 0.3 is 0 Å². The van der Waals surface area contributed by atoms with Crippen LogP contribution in [-0.2, 0) is 0 Å². The third-order valence-electron chi connectivity index (χ3n) is 2.31. The molecule has 0 saturated heterocycles. The van der Waals surface area contributed by atoms with E-state index in [4.69, 9.17) is 16.6 Å². The number of nitrogens with one attached hydrogen (secondary N) is 1. The molecule has 0 aliphatic rings. The van der Waals surface area contributed by atoms with E-state index in [-0.39, 0.29) is 0 Å². The summed E-state index contributed by atoms with van der Waals surface area (Å²) in [4.78, 5) is 3.38. The highest BCUT2D eigenvalue weighted by atomic mass is 32.1. The molecular weight excluding hydrogens is 208 g/mol. The molecular formula is C11H8N2OS. The predicted molar refractivity (Wildman–Crippen MR) is 60.7 cm³/mol. The number of oxazole rings is 1. The van der Waals surface area contributed by atoms with Gasteiger partial charge in [-0.15, -0.1) is 0 Å². The maximum atomic E-state index is 5.35. The lowest BCUT2D eigenvalue weighted by Crippen LogP contribution is -1.87. The van der Waals surface area contributed by atoms with Gasteiger partial charge < -0.3 is 14.0 Å². The second-order valence-electron chi connectivity index (χ2n) is 3.29. The molecule has 1 N–H and O–H groups in total. The Kier molecular flexibility index (Phi) is 1.76. The Morgan fingerprint density at radius 3 is 2.80 bits per heavy atom. The first kappa shape index (κ1) is 8.49. The van der Waals surface area contributed by atoms with Crippen molar-refractivity contribution in [3.8, 4) is 5.69 Å². The van der Waals surface area contributed by atoms with E-state index in [0.29, 0.717) is 4.84 Å². The number of H-pyrrole nitrogens is 1. The topological polar surface area (TPSA) is 33.9 Å². The van der Waals surface area contributed by atoms with E-state index in [2.05, 4.69) is 4.98 Å². The van der Waals surface area contributed by atoms with Gasteiger partial charge in [-0.25, -0.2) is 0 Å². The van der Waals surface area contributed by atoms with Crippen molar-refractivity contribution in [1.82, 2.24) is 9.55 Å². The fourth-order valence-electron chi connectivity index (χ4n) is 1.60. The highest BCUT2D eigenvalue weighted by Crippen LogP contribution is 2.18. The van der Waals surface area contributed by atoms with Gasteiger partial charge in [0.25, 0.3) is 4.84 Å². The average Bonchev–Trinajstić information content (AvgIpc) is 2.82. The minimum atomic E-state index is 0.412. The highest BCUT2D eigenvalue weighted by molar-refractivity contribution is 7.71. The molecule has 2 aromatic heterocycles. The summed E-state index contributed by atoms with van der Waals surface area (Å²) < 4.78 is 7.37. The lowest BCUT2D eigenvalue weighted by Gasteiger charge is -2.00. The molecule has 0 fully saturated rings. The zero-order chi connectivity index (χ0) is 10.3. The van der Waals surface area contributed by atoms with Crippen LogP contribution < -0.4 is 0 Å². The second-order valence-corrected chi connectivity index (χ2v) is 3.66. The molecule has 4 heteroatoms. The Balaban J connectivity index is 2.26. The monoisotopic (exact) mass is 216 g/mol. The second kappa shape index (κ2) is 3.10. The maximum Gasteiger partial charge on any atom is 0.266 e. The van der Waals surface area contributed by atoms with E-state index < -0.39 is 0 Å². The summed E-state index contributed by atoms with van der Waals surface area (Å²) in [5, 5.41) is 0. The number of benzene rings is 1. The van der Waals surface area contributed by atoms with Crippen LogP contribution in [0.3, 0.4) is 0 Å². The Morgan fingerprint density at radius 2 is 2.00 bits per heavy atom. The summed E-state index contributed by atoms with van der Waals surface area (Å²) in [5.74, 6) is 0. The van der Waals surface area contributed by atoms with Crippen molar-refractivity contribution in [2.24, 2.45) is 0 Å². The summed E-state index contributed by atoms with van der Waals surface area (Å²) >= 11 is 4.93. The molecule has 0 unspecified atom stereocenters. The summed E-state index contributed by atoms with van der Waals surface area (Å²) in [6.45, 7) is 0. The van der Waals surface area contributed by atoms with Crippen LogP contribution in [0.1, 0.15) is 0 Å². The molecule has 0 bridgehead atoms. The van der Waals surface area contributed by atoms with Crippen molar-refractivity contribution in [2.75, 3.05) is 0 Å². The number of fused-ring (bicyclic) bond motifs is 1. The predicted octanol–water partition coefficient (Wildman–Crippen LogP) is 3.28. The standard InChI is InChI=1S/C11H8N2OS/c15-11-12-9-4-3-8(7-10(9)14-11)13-5-1-2-6-13/h1-7H,(H,12,15). The molecule has 0 aliphatic carbocycles. The number of nitrogens with zero attached hydrogens (tertiary/aromatic N) is 1. The van der Waals surface area contributed by atoms with E-state index in [1.807, 2.05) is 47.3 Å². The van der Waals surface area contributed by atoms with Crippen LogP contribution in [0.15, 0.2) is 47.1 Å². The fraction of sp³-hybridized carbons (Fsp3) is 0. The van der Waals surface area contributed by atoms with E-state index in [9.17, 15) is 0 Å². The first-order valence-corrected chi connectivity index (χ1v) is 5.00. The molecule has 74 valence electrons. The van der Waals surface area contributed by atoms with Crippen LogP contribution in [-0.4, -0.2) is 9.55 Å². The van der Waals surface area contributed by atoms with Crippen LogP contribution in [0, 0.1) is 4.84 Å². The van der Waals surface area contributed by atoms with Gasteiger partial charge in [-0.2, -0.15) is 0 Å². The smallest absolute Gasteiger partial charge is 0.266 e. The van der Waals surface area contributed by atoms with Gasteiger partial charge in [-0.1, -0.05) is 0 Å². The third kappa shape index (κ3) is 1.39. The Morgan fingerprint density at radius 1 is 1.20 bits per heavy atom. The van der Waals surface area contributed by atoms with Crippen LogP contribution in [0.25, 0.3) is 16.8 Å². The quantitative estimate of drug-likeness (QED) is 0.633. The van der Waals surface area contributed by atoms with E-state index >= 15 is 0 Å². The van der Waals surface area contributed by atoms with Gasteiger partial charge in [0.1, 0.15) is 0 Å². The van der Waals surface area contributed by atoms with Crippen LogP contribution in [0.4, 0.5) is 0 Å². The van der Waals surface area contributed by atoms with Gasteiger partial charge in [0.05, 0.1) is 5.52 Å². The number of aromatic nitrogens is 2. The maximum absolute atomic E-state index is 5.35. The number of rotatable bonds is 1. The summed E-state index contributed by atoms with van der Waals surface area (Å²) in [6, 6.07) is 9.91. The molecule has 0 radical (unpaired) electrons. The van der Waals surface area contributed by atoms with Crippen molar-refractivity contribution in [2.45, 2.75) is 0 Å². The molecule has 3 aromatic rings. The summed E-state index contributed by atoms with van der Waals surface area (Å²) in [6.07, 6.45) is 3.98. The number of hydrogen-bond donors (Lipinski definition) is 1. The molecule has 0 saturated carbocycles. The molecule has 1 aromatic carbocycles. The summed E-state index contributed by atoms with van der Waals surface area (Å²) in [7, 11) is 0. The van der Waals surface area contributed by atoms with Crippen LogP contribution in [0.2, 0.25) is 0 Å². The first-order valence-electron chi connectivity index (χ1n) is 4.59. The molecule has 0 spiro atoms. The molecule has 0 aliphatic heterocycles. The zero-order valence-corrected chi connectivity index (χ0v) is 8.62. The zero-order valence-electron chi connectivity index (χ0n) is 7.81. The van der Waals surface area contributed by atoms with Crippen molar-refractivity contribution < 1.29 is 4.42 Å². The Labute approximate surface area is 91.0 Å². The highest BCUT2D eigenvalue weighted by Gasteiger charge is 2.01. The SMILES string of the molecule is S=c1[nH]c2ccc(-n3cccc3)cc2o1. The van der Waals surface area contributed by atoms with Gasteiger partial charge in [-0.3, -0.25) is 0 Å². The number of aromatic amines is 1. The van der Waals surface area contributed by atoms with Crippen LogP contribution in [0.5, 0.6) is 0 Å². The Bertz CT molecular complexity index is 649. The van der Waals surface area contributed by atoms with Crippen molar-refractivity contribution in [3.63, 3.8) is 0 Å². The lowest BCUT2D eigenvalue weighted by molar-refractivity contribution is 0.583. The minimum Gasteiger partial charge on any atom is -0.429 e. The average molecular weight is 216 g/mol. The minimum absolute atomic E-state index is 0.412. The van der Waals surface area contributed by atoms with Crippen molar-refractivity contribution in [1.29, 1.82) is 0 Å². The van der Waals surface area contributed by atoms with Gasteiger partial charge in [-0.05, 0) is 36.5 Å². The first-order chi connectivity index (χ1) is 7.33. The molecule has 2 heterocycles. The van der Waals surface area contributed by atoms with E-state index in [1.54, 1.807) is 0 Å². The lowest BCUT2D eigenvalue weighted by atomic mass is 10.3. The molecule has 3 nitrogen and oxygen atoms in total. The molecule has 0 atom stereocenters. The van der Waals surface area contributed by atoms with Crippen molar-refractivity contribution in [3.05, 3.63) is 47.6 Å². The van der Waals surface area contributed by atoms with E-state index in [1.165, 1.54) is 0 Å². The van der Waals surface area contributed by atoms with E-state index in [0.717, 1.165) is 16.8 Å².